The zero-order chi connectivity index (χ0) is 22.6. The summed E-state index contributed by atoms with van der Waals surface area (Å²) < 4.78 is 24.1. The maximum atomic E-state index is 5.99. The Kier molecular flexibility index (Phi) is 6.14. The predicted molar refractivity (Wildman–Crippen MR) is 126 cm³/mol. The molecule has 0 saturated carbocycles. The summed E-state index contributed by atoms with van der Waals surface area (Å²) in [6.45, 7) is 1.38. The van der Waals surface area contributed by atoms with Gasteiger partial charge in [0.25, 0.3) is 0 Å². The first-order chi connectivity index (χ1) is 16.1. The fourth-order valence-electron chi connectivity index (χ4n) is 6.24. The summed E-state index contributed by atoms with van der Waals surface area (Å²) in [5.41, 5.74) is 6.77. The number of fused-ring (bicyclic) bond motifs is 5. The molecule has 3 heterocycles. The van der Waals surface area contributed by atoms with Crippen molar-refractivity contribution in [1.29, 1.82) is 0 Å². The van der Waals surface area contributed by atoms with Crippen LogP contribution in [0.2, 0.25) is 0 Å². The van der Waals surface area contributed by atoms with E-state index in [9.17, 15) is 0 Å². The zero-order valence-electron chi connectivity index (χ0n) is 19.8. The molecule has 0 N–H and O–H groups in total. The number of halogens is 1. The molecule has 0 bridgehead atoms. The van der Waals surface area contributed by atoms with Crippen molar-refractivity contribution in [2.45, 2.75) is 31.3 Å². The van der Waals surface area contributed by atoms with Crippen LogP contribution < -0.4 is 42.9 Å². The molecule has 5 nitrogen and oxygen atoms in total. The van der Waals surface area contributed by atoms with Gasteiger partial charge in [-0.3, -0.25) is 0 Å². The van der Waals surface area contributed by atoms with Gasteiger partial charge in [-0.15, -0.1) is 0 Å². The van der Waals surface area contributed by atoms with Crippen molar-refractivity contribution in [2.24, 2.45) is 0 Å². The van der Waals surface area contributed by atoms with Crippen LogP contribution in [-0.2, 0) is 19.3 Å². The monoisotopic (exact) mass is 571 g/mol. The fraction of sp³-hybridized carbons (Fsp3) is 0.357. The highest BCUT2D eigenvalue weighted by molar-refractivity contribution is 5.55. The van der Waals surface area contributed by atoms with Gasteiger partial charge in [0.2, 0.25) is 6.79 Å². The van der Waals surface area contributed by atoms with Crippen molar-refractivity contribution in [3.05, 3.63) is 82.4 Å². The lowest BCUT2D eigenvalue weighted by molar-refractivity contribution is -0.972. The minimum absolute atomic E-state index is 0. The Balaban J connectivity index is 0.00000241. The number of likely N-dealkylation sites (N-methyl/N-ethyl adjacent to an activating group) is 1. The number of ether oxygens (including phenoxy) is 4. The fourth-order valence-corrected chi connectivity index (χ4v) is 6.24. The molecule has 34 heavy (non-hydrogen) atoms. The first-order valence-corrected chi connectivity index (χ1v) is 11.7. The van der Waals surface area contributed by atoms with Gasteiger partial charge < -0.3 is 47.4 Å². The Morgan fingerprint density at radius 1 is 0.941 bits per heavy atom. The van der Waals surface area contributed by atoms with E-state index in [0.29, 0.717) is 12.8 Å². The van der Waals surface area contributed by atoms with E-state index in [4.69, 9.17) is 18.9 Å². The molecule has 0 radical (unpaired) electrons. The molecular weight excluding hydrogens is 541 g/mol. The average molecular weight is 571 g/mol. The Labute approximate surface area is 218 Å². The topological polar surface area (TPSA) is 36.9 Å². The average Bonchev–Trinajstić information content (AvgIpc) is 3.30. The molecule has 3 aliphatic heterocycles. The number of benzene rings is 3. The number of rotatable bonds is 4. The van der Waals surface area contributed by atoms with Crippen LogP contribution in [0.25, 0.3) is 0 Å². The second-order valence-corrected chi connectivity index (χ2v) is 9.52. The molecule has 0 spiro atoms. The first kappa shape index (κ1) is 23.3. The molecule has 3 unspecified atom stereocenters. The summed E-state index contributed by atoms with van der Waals surface area (Å²) in [7, 11) is 5.90. The van der Waals surface area contributed by atoms with Crippen LogP contribution in [0.5, 0.6) is 23.0 Å². The lowest BCUT2D eigenvalue weighted by Gasteiger charge is -2.54. The molecule has 0 saturated heterocycles. The summed E-state index contributed by atoms with van der Waals surface area (Å²) in [5, 5.41) is 0. The summed E-state index contributed by atoms with van der Waals surface area (Å²) >= 11 is 0. The van der Waals surface area contributed by atoms with Crippen LogP contribution in [0, 0.1) is 0 Å². The summed E-state index contributed by atoms with van der Waals surface area (Å²) in [6, 6.07) is 20.2. The van der Waals surface area contributed by atoms with Crippen molar-refractivity contribution in [3.8, 4) is 23.0 Å². The van der Waals surface area contributed by atoms with Gasteiger partial charge in [0.05, 0.1) is 33.4 Å². The van der Waals surface area contributed by atoms with Crippen LogP contribution in [0.1, 0.15) is 39.9 Å². The standard InChI is InChI=1S/C28H30NO4.HI/c1-29-12-11-19-15-25-26(33-17-32-25)16-21(19)22(29)14-20-9-10-24(30-2)28(31-3)27(20)23(29)13-18-7-5-4-6-8-18;/h4-10,15-16,22-23H,11-14,17H2,1-3H3;1H/q+1;/p-1. The molecule has 0 fully saturated rings. The summed E-state index contributed by atoms with van der Waals surface area (Å²) in [5.74, 6) is 3.44. The highest BCUT2D eigenvalue weighted by Gasteiger charge is 2.51. The van der Waals surface area contributed by atoms with Crippen molar-refractivity contribution < 1.29 is 47.4 Å². The van der Waals surface area contributed by atoms with E-state index < -0.39 is 0 Å². The molecule has 0 aliphatic carbocycles. The van der Waals surface area contributed by atoms with Crippen molar-refractivity contribution >= 4 is 0 Å². The van der Waals surface area contributed by atoms with Gasteiger partial charge in [0, 0.05) is 24.8 Å². The van der Waals surface area contributed by atoms with Crippen LogP contribution >= 0.6 is 0 Å². The molecule has 6 heteroatoms. The molecular formula is C28H30INO4. The zero-order valence-corrected chi connectivity index (χ0v) is 22.0. The number of methoxy groups -OCH3 is 2. The molecule has 3 aromatic carbocycles. The maximum Gasteiger partial charge on any atom is 0.231 e. The highest BCUT2D eigenvalue weighted by atomic mass is 127. The second kappa shape index (κ2) is 8.96. The predicted octanol–water partition coefficient (Wildman–Crippen LogP) is 2.02. The van der Waals surface area contributed by atoms with Crippen LogP contribution in [0.3, 0.4) is 0 Å². The van der Waals surface area contributed by atoms with Gasteiger partial charge in [-0.05, 0) is 34.9 Å². The Morgan fingerprint density at radius 3 is 2.44 bits per heavy atom. The van der Waals surface area contributed by atoms with Crippen molar-refractivity contribution in [2.75, 3.05) is 34.6 Å². The van der Waals surface area contributed by atoms with Crippen LogP contribution in [-0.4, -0.2) is 39.1 Å². The minimum atomic E-state index is 0. The van der Waals surface area contributed by atoms with E-state index in [-0.39, 0.29) is 30.0 Å². The van der Waals surface area contributed by atoms with Crippen molar-refractivity contribution in [1.82, 2.24) is 0 Å². The Hall–Kier alpha value is -2.45. The molecule has 3 atom stereocenters. The van der Waals surface area contributed by atoms with E-state index in [1.807, 2.05) is 0 Å². The summed E-state index contributed by atoms with van der Waals surface area (Å²) in [4.78, 5) is 0. The largest absolute Gasteiger partial charge is 1.00 e. The molecule has 6 rings (SSSR count). The summed E-state index contributed by atoms with van der Waals surface area (Å²) in [6.07, 6.45) is 2.93. The normalized spacial score (nSPS) is 23.7. The van der Waals surface area contributed by atoms with Crippen LogP contribution in [0.15, 0.2) is 54.6 Å². The first-order valence-electron chi connectivity index (χ1n) is 11.7. The smallest absolute Gasteiger partial charge is 0.231 e. The third-order valence-corrected chi connectivity index (χ3v) is 7.97. The maximum absolute atomic E-state index is 5.99. The van der Waals surface area contributed by atoms with E-state index in [1.165, 1.54) is 27.8 Å². The number of hydrogen-bond donors (Lipinski definition) is 0. The van der Waals surface area contributed by atoms with E-state index in [1.54, 1.807) is 14.2 Å². The SMILES string of the molecule is COc1ccc2c(c1OC)C(Cc1ccccc1)[N+]1(C)CCc3cc4c(cc3C1C2)OCO4.[I-]. The number of nitrogens with zero attached hydrogens (tertiary/aromatic N) is 1. The van der Waals surface area contributed by atoms with E-state index in [2.05, 4.69) is 61.6 Å². The highest BCUT2D eigenvalue weighted by Crippen LogP contribution is 2.55. The molecule has 3 aromatic rings. The molecule has 3 aliphatic rings. The third-order valence-electron chi connectivity index (χ3n) is 7.97. The van der Waals surface area contributed by atoms with Crippen LogP contribution in [0.4, 0.5) is 0 Å². The number of quaternary nitrogens is 1. The van der Waals surface area contributed by atoms with E-state index in [0.717, 1.165) is 53.3 Å². The van der Waals surface area contributed by atoms with Gasteiger partial charge >= 0.3 is 0 Å². The van der Waals surface area contributed by atoms with Gasteiger partial charge in [-0.1, -0.05) is 36.4 Å². The van der Waals surface area contributed by atoms with Gasteiger partial charge in [0.1, 0.15) is 12.1 Å². The lowest BCUT2D eigenvalue weighted by Crippen LogP contribution is -3.00. The Bertz CT molecular complexity index is 1210. The quantitative estimate of drug-likeness (QED) is 0.355. The molecule has 178 valence electrons. The van der Waals surface area contributed by atoms with Gasteiger partial charge in [0.15, 0.2) is 23.0 Å². The third kappa shape index (κ3) is 3.53. The number of hydrogen-bond acceptors (Lipinski definition) is 4. The van der Waals surface area contributed by atoms with Gasteiger partial charge in [-0.2, -0.15) is 0 Å². The Morgan fingerprint density at radius 2 is 1.71 bits per heavy atom. The van der Waals surface area contributed by atoms with Crippen molar-refractivity contribution in [3.63, 3.8) is 0 Å². The second-order valence-electron chi connectivity index (χ2n) is 9.52. The lowest BCUT2D eigenvalue weighted by atomic mass is 9.76. The van der Waals surface area contributed by atoms with Gasteiger partial charge in [-0.25, -0.2) is 0 Å². The molecule has 0 amide bonds. The minimum Gasteiger partial charge on any atom is -1.00 e. The van der Waals surface area contributed by atoms with E-state index >= 15 is 0 Å². The molecule has 0 aromatic heterocycles.